The fourth-order valence-electron chi connectivity index (χ4n) is 3.01. The number of carbonyl (C=O) groups excluding carboxylic acids is 1. The molecule has 3 rings (SSSR count). The lowest BCUT2D eigenvalue weighted by Gasteiger charge is -2.35. The Bertz CT molecular complexity index is 727. The zero-order valence-electron chi connectivity index (χ0n) is 15.0. The summed E-state index contributed by atoms with van der Waals surface area (Å²) in [6, 6.07) is 7.79. The molecule has 1 aliphatic heterocycles. The first-order chi connectivity index (χ1) is 12.0. The summed E-state index contributed by atoms with van der Waals surface area (Å²) in [4.78, 5) is 25.2. The minimum absolute atomic E-state index is 0.0219. The number of benzene rings is 1. The van der Waals surface area contributed by atoms with Crippen LogP contribution in [0.5, 0.6) is 5.75 Å². The average molecular weight is 340 g/mol. The number of anilines is 1. The topological polar surface area (TPSA) is 58.6 Å². The van der Waals surface area contributed by atoms with Crippen LogP contribution in [0.2, 0.25) is 0 Å². The maximum absolute atomic E-state index is 12.7. The van der Waals surface area contributed by atoms with E-state index >= 15 is 0 Å². The summed E-state index contributed by atoms with van der Waals surface area (Å²) < 4.78 is 5.90. The van der Waals surface area contributed by atoms with Crippen LogP contribution in [0, 0.1) is 13.8 Å². The molecule has 1 aliphatic rings. The SMILES string of the molecule is Cc1ccc(O[C@H](C)C(=O)N2CCN(c3ncccn3)CC2)c(C)c1. The lowest BCUT2D eigenvalue weighted by Crippen LogP contribution is -2.52. The predicted molar refractivity (Wildman–Crippen MR) is 96.8 cm³/mol. The molecule has 0 saturated carbocycles. The molecule has 0 bridgehead atoms. The van der Waals surface area contributed by atoms with E-state index in [1.54, 1.807) is 18.5 Å². The average Bonchev–Trinajstić information content (AvgIpc) is 2.64. The van der Waals surface area contributed by atoms with Crippen LogP contribution in [0.15, 0.2) is 36.7 Å². The number of ether oxygens (including phenoxy) is 1. The Balaban J connectivity index is 1.56. The number of piperazine rings is 1. The summed E-state index contributed by atoms with van der Waals surface area (Å²) in [7, 11) is 0. The van der Waals surface area contributed by atoms with Gasteiger partial charge in [-0.25, -0.2) is 9.97 Å². The Morgan fingerprint density at radius 1 is 1.12 bits per heavy atom. The van der Waals surface area contributed by atoms with Crippen LogP contribution in [0.25, 0.3) is 0 Å². The van der Waals surface area contributed by atoms with Crippen LogP contribution in [0.3, 0.4) is 0 Å². The Kier molecular flexibility index (Phi) is 5.16. The molecular weight excluding hydrogens is 316 g/mol. The molecule has 6 nitrogen and oxygen atoms in total. The van der Waals surface area contributed by atoms with E-state index in [1.807, 2.05) is 37.8 Å². The van der Waals surface area contributed by atoms with E-state index in [-0.39, 0.29) is 5.91 Å². The van der Waals surface area contributed by atoms with Crippen molar-refractivity contribution in [3.8, 4) is 5.75 Å². The van der Waals surface area contributed by atoms with Gasteiger partial charge < -0.3 is 14.5 Å². The largest absolute Gasteiger partial charge is 0.481 e. The smallest absolute Gasteiger partial charge is 0.263 e. The van der Waals surface area contributed by atoms with E-state index < -0.39 is 6.10 Å². The number of hydrogen-bond acceptors (Lipinski definition) is 5. The first kappa shape index (κ1) is 17.2. The molecule has 0 unspecified atom stereocenters. The number of amides is 1. The van der Waals surface area contributed by atoms with Crippen LogP contribution >= 0.6 is 0 Å². The molecule has 2 aromatic rings. The van der Waals surface area contributed by atoms with Crippen molar-refractivity contribution in [2.45, 2.75) is 26.9 Å². The minimum atomic E-state index is -0.499. The van der Waals surface area contributed by atoms with Gasteiger partial charge in [0.05, 0.1) is 0 Å². The van der Waals surface area contributed by atoms with Crippen LogP contribution in [-0.2, 0) is 4.79 Å². The molecule has 1 atom stereocenters. The number of aromatic nitrogens is 2. The van der Waals surface area contributed by atoms with Gasteiger partial charge in [0.2, 0.25) is 5.95 Å². The van der Waals surface area contributed by atoms with Crippen molar-refractivity contribution in [2.24, 2.45) is 0 Å². The van der Waals surface area contributed by atoms with Crippen LogP contribution in [0.1, 0.15) is 18.1 Å². The van der Waals surface area contributed by atoms with Gasteiger partial charge in [0.25, 0.3) is 5.91 Å². The van der Waals surface area contributed by atoms with Gasteiger partial charge in [0.1, 0.15) is 5.75 Å². The van der Waals surface area contributed by atoms with Crippen molar-refractivity contribution >= 4 is 11.9 Å². The second-order valence-corrected chi connectivity index (χ2v) is 6.39. The van der Waals surface area contributed by atoms with Gasteiger partial charge in [-0.05, 0) is 38.5 Å². The normalized spacial score (nSPS) is 15.8. The van der Waals surface area contributed by atoms with E-state index in [0.29, 0.717) is 19.0 Å². The number of carbonyl (C=O) groups is 1. The second kappa shape index (κ2) is 7.51. The Hall–Kier alpha value is -2.63. The standard InChI is InChI=1S/C19H24N4O2/c1-14-5-6-17(15(2)13-14)25-16(3)18(24)22-9-11-23(12-10-22)19-20-7-4-8-21-19/h4-8,13,16H,9-12H2,1-3H3/t16-/m1/s1. The highest BCUT2D eigenvalue weighted by Crippen LogP contribution is 2.21. The molecule has 2 heterocycles. The number of nitrogens with zero attached hydrogens (tertiary/aromatic N) is 4. The highest BCUT2D eigenvalue weighted by molar-refractivity contribution is 5.81. The van der Waals surface area contributed by atoms with Crippen molar-refractivity contribution in [1.29, 1.82) is 0 Å². The van der Waals surface area contributed by atoms with E-state index in [2.05, 4.69) is 20.9 Å². The monoisotopic (exact) mass is 340 g/mol. The summed E-state index contributed by atoms with van der Waals surface area (Å²) in [5, 5.41) is 0. The molecule has 1 aromatic carbocycles. The van der Waals surface area contributed by atoms with E-state index in [1.165, 1.54) is 5.56 Å². The lowest BCUT2D eigenvalue weighted by atomic mass is 10.1. The van der Waals surface area contributed by atoms with Crippen molar-refractivity contribution < 1.29 is 9.53 Å². The summed E-state index contributed by atoms with van der Waals surface area (Å²) in [5.74, 6) is 1.51. The molecule has 1 saturated heterocycles. The number of aryl methyl sites for hydroxylation is 2. The second-order valence-electron chi connectivity index (χ2n) is 6.39. The first-order valence-electron chi connectivity index (χ1n) is 8.59. The Labute approximate surface area is 148 Å². The fourth-order valence-corrected chi connectivity index (χ4v) is 3.01. The van der Waals surface area contributed by atoms with Crippen molar-refractivity contribution in [3.05, 3.63) is 47.8 Å². The molecule has 1 fully saturated rings. The van der Waals surface area contributed by atoms with Crippen LogP contribution in [-0.4, -0.2) is 53.1 Å². The van der Waals surface area contributed by atoms with E-state index in [4.69, 9.17) is 4.74 Å². The summed E-state index contributed by atoms with van der Waals surface area (Å²) >= 11 is 0. The van der Waals surface area contributed by atoms with Gasteiger partial charge in [0, 0.05) is 38.6 Å². The summed E-state index contributed by atoms with van der Waals surface area (Å²) in [6.45, 7) is 8.61. The molecule has 1 aromatic heterocycles. The summed E-state index contributed by atoms with van der Waals surface area (Å²) in [6.07, 6.45) is 2.97. The van der Waals surface area contributed by atoms with Gasteiger partial charge in [-0.3, -0.25) is 4.79 Å². The highest BCUT2D eigenvalue weighted by atomic mass is 16.5. The molecule has 0 N–H and O–H groups in total. The zero-order chi connectivity index (χ0) is 17.8. The number of hydrogen-bond donors (Lipinski definition) is 0. The van der Waals surface area contributed by atoms with E-state index in [0.717, 1.165) is 24.4 Å². The molecule has 6 heteroatoms. The highest BCUT2D eigenvalue weighted by Gasteiger charge is 2.27. The quantitative estimate of drug-likeness (QED) is 0.854. The fraction of sp³-hybridized carbons (Fsp3) is 0.421. The summed E-state index contributed by atoms with van der Waals surface area (Å²) in [5.41, 5.74) is 2.23. The molecule has 0 aliphatic carbocycles. The third kappa shape index (κ3) is 4.07. The van der Waals surface area contributed by atoms with Gasteiger partial charge in [0.15, 0.2) is 6.10 Å². The maximum Gasteiger partial charge on any atom is 0.263 e. The molecular formula is C19H24N4O2. The first-order valence-corrected chi connectivity index (χ1v) is 8.59. The third-order valence-corrected chi connectivity index (χ3v) is 4.41. The maximum atomic E-state index is 12.7. The lowest BCUT2D eigenvalue weighted by molar-refractivity contribution is -0.138. The van der Waals surface area contributed by atoms with Crippen molar-refractivity contribution in [3.63, 3.8) is 0 Å². The number of rotatable bonds is 4. The molecule has 0 spiro atoms. The predicted octanol–water partition coefficient (Wildman–Crippen LogP) is 2.21. The zero-order valence-corrected chi connectivity index (χ0v) is 15.0. The van der Waals surface area contributed by atoms with Gasteiger partial charge in [-0.15, -0.1) is 0 Å². The molecule has 0 radical (unpaired) electrons. The van der Waals surface area contributed by atoms with Gasteiger partial charge in [-0.1, -0.05) is 17.7 Å². The Morgan fingerprint density at radius 3 is 2.44 bits per heavy atom. The molecule has 132 valence electrons. The van der Waals surface area contributed by atoms with Crippen molar-refractivity contribution in [1.82, 2.24) is 14.9 Å². The molecule has 1 amide bonds. The van der Waals surface area contributed by atoms with E-state index in [9.17, 15) is 4.79 Å². The van der Waals surface area contributed by atoms with Crippen LogP contribution < -0.4 is 9.64 Å². The van der Waals surface area contributed by atoms with Gasteiger partial charge in [-0.2, -0.15) is 0 Å². The Morgan fingerprint density at radius 2 is 1.80 bits per heavy atom. The molecule has 25 heavy (non-hydrogen) atoms. The van der Waals surface area contributed by atoms with Crippen LogP contribution in [0.4, 0.5) is 5.95 Å². The minimum Gasteiger partial charge on any atom is -0.481 e. The third-order valence-electron chi connectivity index (χ3n) is 4.41. The van der Waals surface area contributed by atoms with Gasteiger partial charge >= 0.3 is 0 Å². The van der Waals surface area contributed by atoms with Crippen molar-refractivity contribution in [2.75, 3.05) is 31.1 Å².